The van der Waals surface area contributed by atoms with E-state index >= 15 is 0 Å². The molecule has 0 saturated heterocycles. The molecule has 0 aromatic heterocycles. The molecule has 0 radical (unpaired) electrons. The molecule has 0 bridgehead atoms. The van der Waals surface area contributed by atoms with Crippen molar-refractivity contribution in [3.8, 4) is 0 Å². The van der Waals surface area contributed by atoms with Crippen molar-refractivity contribution in [3.63, 3.8) is 0 Å². The number of ether oxygens (including phenoxy) is 1. The van der Waals surface area contributed by atoms with Crippen LogP contribution in [0.25, 0.3) is 0 Å². The van der Waals surface area contributed by atoms with Crippen LogP contribution in [0, 0.1) is 0 Å². The van der Waals surface area contributed by atoms with Gasteiger partial charge in [0.1, 0.15) is 0 Å². The molecular formula is C16H28O2. The zero-order chi connectivity index (χ0) is 13.5. The number of hydrogen-bond donors (Lipinski definition) is 0. The SMILES string of the molecule is C=CCCCCCCOC(=O)CCCCCC=C. The molecule has 0 aromatic carbocycles. The van der Waals surface area contributed by atoms with Crippen molar-refractivity contribution in [1.82, 2.24) is 0 Å². The average molecular weight is 252 g/mol. The summed E-state index contributed by atoms with van der Waals surface area (Å²) in [5, 5.41) is 0. The molecule has 0 fully saturated rings. The molecule has 0 unspecified atom stereocenters. The van der Waals surface area contributed by atoms with E-state index < -0.39 is 0 Å². The first-order valence-corrected chi connectivity index (χ1v) is 7.18. The fourth-order valence-electron chi connectivity index (χ4n) is 1.74. The Morgan fingerprint density at radius 3 is 2.00 bits per heavy atom. The molecule has 104 valence electrons. The van der Waals surface area contributed by atoms with Gasteiger partial charge in [-0.05, 0) is 38.5 Å². The normalized spacial score (nSPS) is 10.0. The molecule has 0 amide bonds. The van der Waals surface area contributed by atoms with E-state index in [0.29, 0.717) is 13.0 Å². The first-order chi connectivity index (χ1) is 8.81. The highest BCUT2D eigenvalue weighted by Gasteiger charge is 2.01. The van der Waals surface area contributed by atoms with E-state index in [1.165, 1.54) is 12.8 Å². The van der Waals surface area contributed by atoms with Crippen molar-refractivity contribution < 1.29 is 9.53 Å². The number of carbonyl (C=O) groups excluding carboxylic acids is 1. The molecule has 0 rings (SSSR count). The van der Waals surface area contributed by atoms with Crippen LogP contribution in [0.4, 0.5) is 0 Å². The quantitative estimate of drug-likeness (QED) is 0.267. The van der Waals surface area contributed by atoms with Gasteiger partial charge in [0.05, 0.1) is 6.61 Å². The smallest absolute Gasteiger partial charge is 0.305 e. The Kier molecular flexibility index (Phi) is 13.2. The van der Waals surface area contributed by atoms with Crippen LogP contribution in [0.1, 0.15) is 64.2 Å². The molecule has 0 aromatic rings. The topological polar surface area (TPSA) is 26.3 Å². The summed E-state index contributed by atoms with van der Waals surface area (Å²) >= 11 is 0. The maximum Gasteiger partial charge on any atom is 0.305 e. The molecule has 0 N–H and O–H groups in total. The van der Waals surface area contributed by atoms with Crippen molar-refractivity contribution in [2.24, 2.45) is 0 Å². The molecule has 2 heteroatoms. The lowest BCUT2D eigenvalue weighted by atomic mass is 10.1. The fraction of sp³-hybridized carbons (Fsp3) is 0.688. The zero-order valence-corrected chi connectivity index (χ0v) is 11.7. The van der Waals surface area contributed by atoms with Crippen LogP contribution in [-0.4, -0.2) is 12.6 Å². The number of esters is 1. The summed E-state index contributed by atoms with van der Waals surface area (Å²) in [6.45, 7) is 7.95. The first-order valence-electron chi connectivity index (χ1n) is 7.18. The molecule has 0 atom stereocenters. The van der Waals surface area contributed by atoms with E-state index in [4.69, 9.17) is 4.74 Å². The second kappa shape index (κ2) is 14.0. The van der Waals surface area contributed by atoms with Crippen LogP contribution in [0.3, 0.4) is 0 Å². The molecular weight excluding hydrogens is 224 g/mol. The highest BCUT2D eigenvalue weighted by atomic mass is 16.5. The Balaban J connectivity index is 3.16. The zero-order valence-electron chi connectivity index (χ0n) is 11.7. The van der Waals surface area contributed by atoms with Gasteiger partial charge in [-0.1, -0.05) is 31.4 Å². The summed E-state index contributed by atoms with van der Waals surface area (Å²) in [6, 6.07) is 0. The van der Waals surface area contributed by atoms with Crippen LogP contribution < -0.4 is 0 Å². The molecule has 2 nitrogen and oxygen atoms in total. The molecule has 0 aliphatic rings. The van der Waals surface area contributed by atoms with Crippen molar-refractivity contribution in [2.45, 2.75) is 64.2 Å². The Morgan fingerprint density at radius 1 is 0.833 bits per heavy atom. The van der Waals surface area contributed by atoms with Gasteiger partial charge in [-0.25, -0.2) is 0 Å². The van der Waals surface area contributed by atoms with Gasteiger partial charge < -0.3 is 4.74 Å². The van der Waals surface area contributed by atoms with Gasteiger partial charge in [0.15, 0.2) is 0 Å². The number of unbranched alkanes of at least 4 members (excludes halogenated alkanes) is 7. The predicted octanol–water partition coefficient (Wildman–Crippen LogP) is 4.80. The van der Waals surface area contributed by atoms with Crippen LogP contribution in [-0.2, 0) is 9.53 Å². The lowest BCUT2D eigenvalue weighted by Crippen LogP contribution is -2.05. The van der Waals surface area contributed by atoms with Gasteiger partial charge in [0.2, 0.25) is 0 Å². The summed E-state index contributed by atoms with van der Waals surface area (Å²) in [5.41, 5.74) is 0. The Morgan fingerprint density at radius 2 is 1.39 bits per heavy atom. The predicted molar refractivity (Wildman–Crippen MR) is 77.5 cm³/mol. The molecule has 18 heavy (non-hydrogen) atoms. The minimum atomic E-state index is -0.0419. The van der Waals surface area contributed by atoms with Gasteiger partial charge in [-0.3, -0.25) is 4.79 Å². The van der Waals surface area contributed by atoms with Gasteiger partial charge in [0.25, 0.3) is 0 Å². The third kappa shape index (κ3) is 13.0. The fourth-order valence-corrected chi connectivity index (χ4v) is 1.74. The van der Waals surface area contributed by atoms with E-state index in [2.05, 4.69) is 13.2 Å². The molecule has 0 heterocycles. The minimum Gasteiger partial charge on any atom is -0.466 e. The van der Waals surface area contributed by atoms with Crippen LogP contribution >= 0.6 is 0 Å². The number of carbonyl (C=O) groups is 1. The van der Waals surface area contributed by atoms with E-state index in [-0.39, 0.29) is 5.97 Å². The van der Waals surface area contributed by atoms with Crippen LogP contribution in [0.15, 0.2) is 25.3 Å². The Labute approximate surface area is 112 Å². The average Bonchev–Trinajstić information content (AvgIpc) is 2.37. The Bertz CT molecular complexity index is 221. The van der Waals surface area contributed by atoms with E-state index in [0.717, 1.165) is 44.9 Å². The van der Waals surface area contributed by atoms with Crippen molar-refractivity contribution in [3.05, 3.63) is 25.3 Å². The maximum atomic E-state index is 11.4. The first kappa shape index (κ1) is 16.9. The van der Waals surface area contributed by atoms with Crippen molar-refractivity contribution in [2.75, 3.05) is 6.61 Å². The van der Waals surface area contributed by atoms with E-state index in [9.17, 15) is 4.79 Å². The lowest BCUT2D eigenvalue weighted by Gasteiger charge is -2.04. The third-order valence-corrected chi connectivity index (χ3v) is 2.85. The van der Waals surface area contributed by atoms with Crippen molar-refractivity contribution >= 4 is 5.97 Å². The van der Waals surface area contributed by atoms with Gasteiger partial charge in [-0.2, -0.15) is 0 Å². The number of allylic oxidation sites excluding steroid dienone is 2. The molecule has 0 saturated carbocycles. The highest BCUT2D eigenvalue weighted by molar-refractivity contribution is 5.69. The summed E-state index contributed by atoms with van der Waals surface area (Å²) in [5.74, 6) is -0.0419. The maximum absolute atomic E-state index is 11.4. The monoisotopic (exact) mass is 252 g/mol. The number of rotatable bonds is 13. The Hall–Kier alpha value is -1.05. The summed E-state index contributed by atoms with van der Waals surface area (Å²) in [4.78, 5) is 11.4. The van der Waals surface area contributed by atoms with Crippen LogP contribution in [0.5, 0.6) is 0 Å². The van der Waals surface area contributed by atoms with Gasteiger partial charge >= 0.3 is 5.97 Å². The van der Waals surface area contributed by atoms with Gasteiger partial charge in [0, 0.05) is 6.42 Å². The van der Waals surface area contributed by atoms with Gasteiger partial charge in [-0.15, -0.1) is 13.2 Å². The second-order valence-corrected chi connectivity index (χ2v) is 4.60. The summed E-state index contributed by atoms with van der Waals surface area (Å²) < 4.78 is 5.18. The standard InChI is InChI=1S/C16H28O2/c1-3-5-7-9-11-13-15-18-16(17)14-12-10-8-6-4-2/h3-4H,1-2,5-15H2. The summed E-state index contributed by atoms with van der Waals surface area (Å²) in [6.07, 6.45) is 14.2. The molecule has 0 spiro atoms. The third-order valence-electron chi connectivity index (χ3n) is 2.85. The molecule has 0 aliphatic heterocycles. The highest BCUT2D eigenvalue weighted by Crippen LogP contribution is 2.06. The van der Waals surface area contributed by atoms with E-state index in [1.807, 2.05) is 12.2 Å². The van der Waals surface area contributed by atoms with Crippen molar-refractivity contribution in [1.29, 1.82) is 0 Å². The summed E-state index contributed by atoms with van der Waals surface area (Å²) in [7, 11) is 0. The number of hydrogen-bond acceptors (Lipinski definition) is 2. The second-order valence-electron chi connectivity index (χ2n) is 4.60. The van der Waals surface area contributed by atoms with E-state index in [1.54, 1.807) is 0 Å². The van der Waals surface area contributed by atoms with Crippen LogP contribution in [0.2, 0.25) is 0 Å². The lowest BCUT2D eigenvalue weighted by molar-refractivity contribution is -0.143. The largest absolute Gasteiger partial charge is 0.466 e. The minimum absolute atomic E-state index is 0.0419. The molecule has 0 aliphatic carbocycles.